The van der Waals surface area contributed by atoms with Gasteiger partial charge in [-0.15, -0.1) is 0 Å². The molecule has 0 amide bonds. The summed E-state index contributed by atoms with van der Waals surface area (Å²) >= 11 is 0. The van der Waals surface area contributed by atoms with Crippen LogP contribution >= 0.6 is 0 Å². The molecule has 2 bridgehead atoms. The van der Waals surface area contributed by atoms with Crippen LogP contribution in [0.15, 0.2) is 0 Å². The van der Waals surface area contributed by atoms with Gasteiger partial charge in [-0.25, -0.2) is 0 Å². The molecule has 4 atom stereocenters. The Labute approximate surface area is 127 Å². The SMILES string of the molecule is CCCCCCCCCCNC(C)C1CC2CCC1C2. The summed E-state index contributed by atoms with van der Waals surface area (Å²) in [5, 5.41) is 3.82. The highest BCUT2D eigenvalue weighted by Gasteiger charge is 2.41. The van der Waals surface area contributed by atoms with E-state index in [2.05, 4.69) is 19.2 Å². The predicted octanol–water partition coefficient (Wildman–Crippen LogP) is 5.54. The van der Waals surface area contributed by atoms with Gasteiger partial charge in [-0.2, -0.15) is 0 Å². The van der Waals surface area contributed by atoms with Gasteiger partial charge in [-0.1, -0.05) is 58.3 Å². The van der Waals surface area contributed by atoms with Gasteiger partial charge in [0, 0.05) is 6.04 Å². The van der Waals surface area contributed by atoms with Gasteiger partial charge < -0.3 is 5.32 Å². The van der Waals surface area contributed by atoms with Crippen LogP contribution in [0.4, 0.5) is 0 Å². The number of nitrogens with one attached hydrogen (secondary N) is 1. The van der Waals surface area contributed by atoms with Crippen molar-refractivity contribution in [2.75, 3.05) is 6.54 Å². The standard InChI is InChI=1S/C19H37N/c1-3-4-5-6-7-8-9-10-13-20-16(2)19-15-17-11-12-18(19)14-17/h16-20H,3-15H2,1-2H3. The van der Waals surface area contributed by atoms with Crippen molar-refractivity contribution in [2.24, 2.45) is 17.8 Å². The molecule has 118 valence electrons. The van der Waals surface area contributed by atoms with Crippen LogP contribution in [0, 0.1) is 17.8 Å². The van der Waals surface area contributed by atoms with Crippen LogP contribution in [0.1, 0.15) is 90.9 Å². The summed E-state index contributed by atoms with van der Waals surface area (Å²) in [5.41, 5.74) is 0. The maximum absolute atomic E-state index is 3.82. The smallest absolute Gasteiger partial charge is 0.00697 e. The maximum atomic E-state index is 3.82. The maximum Gasteiger partial charge on any atom is 0.00697 e. The van der Waals surface area contributed by atoms with Crippen molar-refractivity contribution in [1.82, 2.24) is 5.32 Å². The van der Waals surface area contributed by atoms with Gasteiger partial charge in [0.25, 0.3) is 0 Å². The van der Waals surface area contributed by atoms with Crippen LogP contribution in [0.25, 0.3) is 0 Å². The summed E-state index contributed by atoms with van der Waals surface area (Å²) in [7, 11) is 0. The van der Waals surface area contributed by atoms with Gasteiger partial charge in [0.1, 0.15) is 0 Å². The first kappa shape index (κ1) is 16.3. The molecule has 0 aromatic heterocycles. The van der Waals surface area contributed by atoms with E-state index in [4.69, 9.17) is 0 Å². The van der Waals surface area contributed by atoms with Crippen molar-refractivity contribution in [2.45, 2.75) is 96.9 Å². The van der Waals surface area contributed by atoms with Crippen LogP contribution < -0.4 is 5.32 Å². The lowest BCUT2D eigenvalue weighted by atomic mass is 9.84. The number of unbranched alkanes of at least 4 members (excludes halogenated alkanes) is 7. The number of rotatable bonds is 11. The van der Waals surface area contributed by atoms with E-state index in [1.54, 1.807) is 6.42 Å². The Morgan fingerprint density at radius 2 is 1.60 bits per heavy atom. The van der Waals surface area contributed by atoms with E-state index in [9.17, 15) is 0 Å². The second-order valence-electron chi connectivity index (χ2n) is 7.56. The molecule has 0 radical (unpaired) electrons. The third kappa shape index (κ3) is 5.06. The molecule has 0 saturated heterocycles. The van der Waals surface area contributed by atoms with Crippen LogP contribution in [0.5, 0.6) is 0 Å². The normalized spacial score (nSPS) is 30.0. The lowest BCUT2D eigenvalue weighted by molar-refractivity contribution is 0.260. The van der Waals surface area contributed by atoms with Crippen LogP contribution in [-0.2, 0) is 0 Å². The second-order valence-corrected chi connectivity index (χ2v) is 7.56. The van der Waals surface area contributed by atoms with Gasteiger partial charge in [0.05, 0.1) is 0 Å². The lowest BCUT2D eigenvalue weighted by Crippen LogP contribution is -2.36. The Kier molecular flexibility index (Phi) is 7.41. The van der Waals surface area contributed by atoms with Crippen molar-refractivity contribution in [1.29, 1.82) is 0 Å². The summed E-state index contributed by atoms with van der Waals surface area (Å²) < 4.78 is 0. The molecule has 0 aliphatic heterocycles. The quantitative estimate of drug-likeness (QED) is 0.489. The van der Waals surface area contributed by atoms with Crippen molar-refractivity contribution < 1.29 is 0 Å². The Morgan fingerprint density at radius 3 is 2.20 bits per heavy atom. The predicted molar refractivity (Wildman–Crippen MR) is 89.0 cm³/mol. The van der Waals surface area contributed by atoms with Gasteiger partial charge in [0.2, 0.25) is 0 Å². The average Bonchev–Trinajstić information content (AvgIpc) is 3.08. The van der Waals surface area contributed by atoms with E-state index in [0.717, 1.165) is 23.8 Å². The highest BCUT2D eigenvalue weighted by Crippen LogP contribution is 2.49. The Balaban J connectivity index is 1.41. The summed E-state index contributed by atoms with van der Waals surface area (Å²) in [4.78, 5) is 0. The van der Waals surface area contributed by atoms with Crippen molar-refractivity contribution in [3.63, 3.8) is 0 Å². The topological polar surface area (TPSA) is 12.0 Å². The van der Waals surface area contributed by atoms with Gasteiger partial charge in [-0.3, -0.25) is 0 Å². The fourth-order valence-corrected chi connectivity index (χ4v) is 4.65. The number of hydrogen-bond acceptors (Lipinski definition) is 1. The molecule has 1 nitrogen and oxygen atoms in total. The molecule has 20 heavy (non-hydrogen) atoms. The molecule has 1 N–H and O–H groups in total. The minimum atomic E-state index is 0.773. The zero-order valence-electron chi connectivity index (χ0n) is 14.0. The molecule has 1 heteroatoms. The monoisotopic (exact) mass is 279 g/mol. The van der Waals surface area contributed by atoms with Gasteiger partial charge in [0.15, 0.2) is 0 Å². The minimum Gasteiger partial charge on any atom is -0.314 e. The third-order valence-corrected chi connectivity index (χ3v) is 5.93. The van der Waals surface area contributed by atoms with Crippen molar-refractivity contribution in [3.05, 3.63) is 0 Å². The molecule has 2 aliphatic carbocycles. The summed E-state index contributed by atoms with van der Waals surface area (Å²) in [5.74, 6) is 3.17. The summed E-state index contributed by atoms with van der Waals surface area (Å²) in [6.45, 7) is 5.99. The molecule has 2 saturated carbocycles. The van der Waals surface area contributed by atoms with Gasteiger partial charge in [-0.05, 0) is 56.9 Å². The Hall–Kier alpha value is -0.0400. The van der Waals surface area contributed by atoms with E-state index >= 15 is 0 Å². The molecule has 0 spiro atoms. The molecule has 0 aromatic carbocycles. The van der Waals surface area contributed by atoms with E-state index in [1.165, 1.54) is 77.2 Å². The molecule has 4 unspecified atom stereocenters. The highest BCUT2D eigenvalue weighted by atomic mass is 14.9. The first-order chi connectivity index (χ1) is 9.81. The van der Waals surface area contributed by atoms with Crippen LogP contribution in [0.3, 0.4) is 0 Å². The van der Waals surface area contributed by atoms with Crippen LogP contribution in [0.2, 0.25) is 0 Å². The highest BCUT2D eigenvalue weighted by molar-refractivity contribution is 4.93. The fourth-order valence-electron chi connectivity index (χ4n) is 4.65. The average molecular weight is 280 g/mol. The Bertz CT molecular complexity index is 250. The molecule has 2 fully saturated rings. The van der Waals surface area contributed by atoms with Crippen LogP contribution in [-0.4, -0.2) is 12.6 Å². The fraction of sp³-hybridized carbons (Fsp3) is 1.00. The molecule has 0 aromatic rings. The van der Waals surface area contributed by atoms with E-state index in [0.29, 0.717) is 0 Å². The molecule has 2 rings (SSSR count). The van der Waals surface area contributed by atoms with E-state index < -0.39 is 0 Å². The lowest BCUT2D eigenvalue weighted by Gasteiger charge is -2.28. The first-order valence-electron chi connectivity index (χ1n) is 9.54. The summed E-state index contributed by atoms with van der Waals surface area (Å²) in [6, 6.07) is 0.773. The first-order valence-corrected chi connectivity index (χ1v) is 9.54. The second kappa shape index (κ2) is 9.07. The van der Waals surface area contributed by atoms with E-state index in [1.807, 2.05) is 0 Å². The molecular weight excluding hydrogens is 242 g/mol. The third-order valence-electron chi connectivity index (χ3n) is 5.93. The minimum absolute atomic E-state index is 0.773. The molecule has 2 aliphatic rings. The zero-order valence-corrected chi connectivity index (χ0v) is 14.0. The molecule has 0 heterocycles. The largest absolute Gasteiger partial charge is 0.314 e. The summed E-state index contributed by atoms with van der Waals surface area (Å²) in [6.07, 6.45) is 17.6. The van der Waals surface area contributed by atoms with Crippen molar-refractivity contribution in [3.8, 4) is 0 Å². The Morgan fingerprint density at radius 1 is 0.900 bits per heavy atom. The van der Waals surface area contributed by atoms with E-state index in [-0.39, 0.29) is 0 Å². The van der Waals surface area contributed by atoms with Gasteiger partial charge >= 0.3 is 0 Å². The van der Waals surface area contributed by atoms with Crippen molar-refractivity contribution >= 4 is 0 Å². The zero-order chi connectivity index (χ0) is 14.2. The number of fused-ring (bicyclic) bond motifs is 2. The number of hydrogen-bond donors (Lipinski definition) is 1. The molecular formula is C19H37N.